The second kappa shape index (κ2) is 6.34. The fourth-order valence-corrected chi connectivity index (χ4v) is 3.41. The number of benzene rings is 1. The lowest BCUT2D eigenvalue weighted by atomic mass is 9.85. The smallest absolute Gasteiger partial charge is 0.316 e. The van der Waals surface area contributed by atoms with Gasteiger partial charge >= 0.3 is 5.97 Å². The Morgan fingerprint density at radius 2 is 2.00 bits per heavy atom. The van der Waals surface area contributed by atoms with E-state index in [1.807, 2.05) is 0 Å². The third-order valence-electron chi connectivity index (χ3n) is 4.60. The largest absolute Gasteiger partial charge is 0.460 e. The Balaban J connectivity index is 1.67. The number of carbonyl (C=O) groups excluding carboxylic acids is 1. The number of ether oxygens (including phenoxy) is 1. The highest BCUT2D eigenvalue weighted by molar-refractivity contribution is 6.30. The zero-order valence-electron chi connectivity index (χ0n) is 11.9. The molecule has 0 spiro atoms. The number of aliphatic hydroxyl groups is 1. The molecule has 4 rings (SSSR count). The van der Waals surface area contributed by atoms with Crippen LogP contribution in [0.25, 0.3) is 0 Å². The van der Waals surface area contributed by atoms with Crippen molar-refractivity contribution in [2.24, 2.45) is 5.92 Å². The van der Waals surface area contributed by atoms with Crippen LogP contribution in [0.4, 0.5) is 0 Å². The van der Waals surface area contributed by atoms with Crippen molar-refractivity contribution in [3.05, 3.63) is 34.9 Å². The molecule has 5 heteroatoms. The van der Waals surface area contributed by atoms with Crippen molar-refractivity contribution in [1.29, 1.82) is 0 Å². The van der Waals surface area contributed by atoms with E-state index in [-0.39, 0.29) is 18.7 Å². The summed E-state index contributed by atoms with van der Waals surface area (Å²) < 4.78 is 5.69. The summed E-state index contributed by atoms with van der Waals surface area (Å²) in [5, 5.41) is 10.1. The summed E-state index contributed by atoms with van der Waals surface area (Å²) in [5.74, 6) is -0.486. The zero-order chi connectivity index (χ0) is 14.8. The fourth-order valence-electron chi connectivity index (χ4n) is 3.29. The predicted molar refractivity (Wildman–Crippen MR) is 80.3 cm³/mol. The maximum Gasteiger partial charge on any atom is 0.316 e. The van der Waals surface area contributed by atoms with Gasteiger partial charge in [-0.15, -0.1) is 0 Å². The van der Waals surface area contributed by atoms with E-state index in [4.69, 9.17) is 16.3 Å². The lowest BCUT2D eigenvalue weighted by molar-refractivity contribution is -0.161. The Morgan fingerprint density at radius 1 is 1.33 bits per heavy atom. The van der Waals surface area contributed by atoms with Crippen LogP contribution in [0.2, 0.25) is 5.02 Å². The van der Waals surface area contributed by atoms with Gasteiger partial charge < -0.3 is 9.84 Å². The van der Waals surface area contributed by atoms with Crippen molar-refractivity contribution < 1.29 is 14.6 Å². The Kier molecular flexibility index (Phi) is 4.48. The maximum atomic E-state index is 12.4. The first kappa shape index (κ1) is 14.8. The number of hydrogen-bond donors (Lipinski definition) is 1. The van der Waals surface area contributed by atoms with Crippen molar-refractivity contribution in [1.82, 2.24) is 4.90 Å². The number of fused-ring (bicyclic) bond motifs is 3. The highest BCUT2D eigenvalue weighted by atomic mass is 35.5. The Labute approximate surface area is 129 Å². The van der Waals surface area contributed by atoms with Gasteiger partial charge in [0.1, 0.15) is 12.0 Å². The Hall–Kier alpha value is -1.10. The van der Waals surface area contributed by atoms with Crippen LogP contribution in [-0.4, -0.2) is 48.3 Å². The maximum absolute atomic E-state index is 12.4. The molecule has 3 heterocycles. The van der Waals surface area contributed by atoms with E-state index < -0.39 is 5.92 Å². The van der Waals surface area contributed by atoms with Gasteiger partial charge in [0.25, 0.3) is 0 Å². The average molecular weight is 310 g/mol. The Morgan fingerprint density at radius 3 is 2.52 bits per heavy atom. The van der Waals surface area contributed by atoms with Crippen LogP contribution in [0.5, 0.6) is 0 Å². The molecule has 1 aromatic rings. The summed E-state index contributed by atoms with van der Waals surface area (Å²) in [6.45, 7) is 2.80. The predicted octanol–water partition coefficient (Wildman–Crippen LogP) is 2.05. The number of halogens is 1. The third kappa shape index (κ3) is 3.23. The fraction of sp³-hybridized carbons (Fsp3) is 0.562. The van der Waals surface area contributed by atoms with Crippen LogP contribution in [0.1, 0.15) is 24.3 Å². The Bertz CT molecular complexity index is 497. The summed E-state index contributed by atoms with van der Waals surface area (Å²) in [6.07, 6.45) is 2.17. The molecule has 3 aliphatic heterocycles. The van der Waals surface area contributed by atoms with Gasteiger partial charge in [0.15, 0.2) is 0 Å². The lowest BCUT2D eigenvalue weighted by Crippen LogP contribution is -2.52. The van der Waals surface area contributed by atoms with Crippen molar-refractivity contribution >= 4 is 17.6 Å². The van der Waals surface area contributed by atoms with Crippen molar-refractivity contribution in [2.75, 3.05) is 26.2 Å². The minimum absolute atomic E-state index is 0.0265. The SMILES string of the molecule is O=C(O[C@@H]1CN2CCC1CC2)C(CO)c1ccc(Cl)cc1. The molecule has 0 radical (unpaired) electrons. The van der Waals surface area contributed by atoms with E-state index in [0.29, 0.717) is 10.9 Å². The highest BCUT2D eigenvalue weighted by Crippen LogP contribution is 2.31. The summed E-state index contributed by atoms with van der Waals surface area (Å²) in [4.78, 5) is 14.7. The topological polar surface area (TPSA) is 49.8 Å². The quantitative estimate of drug-likeness (QED) is 0.865. The van der Waals surface area contributed by atoms with Gasteiger partial charge in [0.2, 0.25) is 0 Å². The monoisotopic (exact) mass is 309 g/mol. The molecule has 1 unspecified atom stereocenters. The molecule has 0 amide bonds. The van der Waals surface area contributed by atoms with Crippen molar-refractivity contribution in [3.8, 4) is 0 Å². The summed E-state index contributed by atoms with van der Waals surface area (Å²) >= 11 is 5.85. The van der Waals surface area contributed by atoms with E-state index in [2.05, 4.69) is 4.90 Å². The first-order valence-electron chi connectivity index (χ1n) is 7.46. The standard InChI is InChI=1S/C16H20ClNO3/c17-13-3-1-11(2-4-13)14(10-19)16(20)21-15-9-18-7-5-12(15)6-8-18/h1-4,12,14-15,19H,5-10H2/t14?,15-/m1/s1. The average Bonchev–Trinajstić information content (AvgIpc) is 2.51. The number of nitrogens with zero attached hydrogens (tertiary/aromatic N) is 1. The number of esters is 1. The zero-order valence-corrected chi connectivity index (χ0v) is 12.6. The molecule has 0 aromatic heterocycles. The third-order valence-corrected chi connectivity index (χ3v) is 4.86. The van der Waals surface area contributed by atoms with Crippen LogP contribution in [0.15, 0.2) is 24.3 Å². The molecule has 3 aliphatic rings. The molecule has 1 N–H and O–H groups in total. The van der Waals surface area contributed by atoms with Crippen molar-refractivity contribution in [3.63, 3.8) is 0 Å². The van der Waals surface area contributed by atoms with Gasteiger partial charge in [-0.05, 0) is 49.5 Å². The van der Waals surface area contributed by atoms with E-state index in [1.54, 1.807) is 24.3 Å². The lowest BCUT2D eigenvalue weighted by Gasteiger charge is -2.44. The van der Waals surface area contributed by atoms with Crippen LogP contribution >= 0.6 is 11.6 Å². The molecule has 3 fully saturated rings. The number of aliphatic hydroxyl groups excluding tert-OH is 1. The molecule has 1 aromatic carbocycles. The number of carbonyl (C=O) groups is 1. The molecular weight excluding hydrogens is 290 g/mol. The van der Waals surface area contributed by atoms with E-state index in [0.717, 1.165) is 38.0 Å². The van der Waals surface area contributed by atoms with Crippen LogP contribution < -0.4 is 0 Å². The molecule has 3 saturated heterocycles. The minimum atomic E-state index is -0.627. The highest BCUT2D eigenvalue weighted by Gasteiger charge is 2.37. The van der Waals surface area contributed by atoms with Crippen LogP contribution in [-0.2, 0) is 9.53 Å². The summed E-state index contributed by atoms with van der Waals surface area (Å²) in [7, 11) is 0. The van der Waals surface area contributed by atoms with Gasteiger partial charge in [-0.2, -0.15) is 0 Å². The van der Waals surface area contributed by atoms with Crippen LogP contribution in [0.3, 0.4) is 0 Å². The molecule has 114 valence electrons. The van der Waals surface area contributed by atoms with Gasteiger partial charge in [-0.25, -0.2) is 0 Å². The molecule has 2 atom stereocenters. The molecule has 4 nitrogen and oxygen atoms in total. The first-order valence-corrected chi connectivity index (χ1v) is 7.84. The number of piperidine rings is 3. The normalized spacial score (nSPS) is 29.1. The number of rotatable bonds is 4. The first-order chi connectivity index (χ1) is 10.2. The van der Waals surface area contributed by atoms with Crippen molar-refractivity contribution in [2.45, 2.75) is 24.9 Å². The second-order valence-electron chi connectivity index (χ2n) is 5.90. The van der Waals surface area contributed by atoms with E-state index >= 15 is 0 Å². The molecular formula is C16H20ClNO3. The van der Waals surface area contributed by atoms with Gasteiger partial charge in [-0.1, -0.05) is 23.7 Å². The van der Waals surface area contributed by atoms with Crippen LogP contribution in [0, 0.1) is 5.92 Å². The second-order valence-corrected chi connectivity index (χ2v) is 6.34. The van der Waals surface area contributed by atoms with Gasteiger partial charge in [0.05, 0.1) is 6.61 Å². The van der Waals surface area contributed by atoms with E-state index in [1.165, 1.54) is 0 Å². The summed E-state index contributed by atoms with van der Waals surface area (Å²) in [6, 6.07) is 6.98. The molecule has 0 aliphatic carbocycles. The van der Waals surface area contributed by atoms with Gasteiger partial charge in [0, 0.05) is 11.6 Å². The van der Waals surface area contributed by atoms with E-state index in [9.17, 15) is 9.90 Å². The summed E-state index contributed by atoms with van der Waals surface area (Å²) in [5.41, 5.74) is 0.744. The molecule has 2 bridgehead atoms. The molecule has 21 heavy (non-hydrogen) atoms. The number of hydrogen-bond acceptors (Lipinski definition) is 4. The molecule has 0 saturated carbocycles. The minimum Gasteiger partial charge on any atom is -0.460 e. The van der Waals surface area contributed by atoms with Gasteiger partial charge in [-0.3, -0.25) is 9.69 Å².